The zero-order valence-corrected chi connectivity index (χ0v) is 11.5. The van der Waals surface area contributed by atoms with Gasteiger partial charge in [0.15, 0.2) is 6.61 Å². The zero-order chi connectivity index (χ0) is 12.7. The molecule has 4 heteroatoms. The van der Waals surface area contributed by atoms with Crippen molar-refractivity contribution in [2.75, 3.05) is 6.61 Å². The Morgan fingerprint density at radius 1 is 1.29 bits per heavy atom. The van der Waals surface area contributed by atoms with Crippen LogP contribution in [0.15, 0.2) is 42.7 Å². The molecular weight excluding hydrogens is 232 g/mol. The SMILES string of the molecule is C/C=C\OCC(=O)O[Si](C)(C)c1ccccc1. The van der Waals surface area contributed by atoms with Gasteiger partial charge >= 0.3 is 5.97 Å². The molecule has 0 atom stereocenters. The fraction of sp³-hybridized carbons (Fsp3) is 0.308. The fourth-order valence-corrected chi connectivity index (χ4v) is 3.17. The summed E-state index contributed by atoms with van der Waals surface area (Å²) in [6.07, 6.45) is 3.21. The minimum atomic E-state index is -2.16. The molecule has 92 valence electrons. The Kier molecular flexibility index (Phi) is 4.97. The normalized spacial score (nSPS) is 11.5. The predicted molar refractivity (Wildman–Crippen MR) is 70.4 cm³/mol. The minimum Gasteiger partial charge on any atom is -0.513 e. The molecule has 0 fully saturated rings. The molecule has 0 aliphatic carbocycles. The number of hydrogen-bond donors (Lipinski definition) is 0. The number of hydrogen-bond acceptors (Lipinski definition) is 3. The molecule has 1 aromatic rings. The highest BCUT2D eigenvalue weighted by atomic mass is 28.4. The molecule has 1 rings (SSSR count). The predicted octanol–water partition coefficient (Wildman–Crippen LogP) is 2.19. The monoisotopic (exact) mass is 250 g/mol. The van der Waals surface area contributed by atoms with Gasteiger partial charge < -0.3 is 9.16 Å². The van der Waals surface area contributed by atoms with E-state index in [0.29, 0.717) is 0 Å². The molecule has 17 heavy (non-hydrogen) atoms. The number of rotatable bonds is 5. The van der Waals surface area contributed by atoms with Crippen LogP contribution in [0.2, 0.25) is 13.1 Å². The third kappa shape index (κ3) is 4.44. The second-order valence-corrected chi connectivity index (χ2v) is 7.93. The molecular formula is C13H18O3Si. The first-order valence-electron chi connectivity index (χ1n) is 5.56. The van der Waals surface area contributed by atoms with Crippen molar-refractivity contribution in [1.29, 1.82) is 0 Å². The largest absolute Gasteiger partial charge is 0.513 e. The average molecular weight is 250 g/mol. The van der Waals surface area contributed by atoms with Gasteiger partial charge in [-0.3, -0.25) is 0 Å². The van der Waals surface area contributed by atoms with Crippen molar-refractivity contribution in [1.82, 2.24) is 0 Å². The molecule has 1 aromatic carbocycles. The van der Waals surface area contributed by atoms with Crippen LogP contribution in [0.3, 0.4) is 0 Å². The van der Waals surface area contributed by atoms with E-state index >= 15 is 0 Å². The van der Waals surface area contributed by atoms with Crippen molar-refractivity contribution >= 4 is 19.5 Å². The van der Waals surface area contributed by atoms with Gasteiger partial charge in [-0.05, 0) is 25.2 Å². The first-order valence-corrected chi connectivity index (χ1v) is 8.47. The van der Waals surface area contributed by atoms with E-state index in [1.165, 1.54) is 6.26 Å². The molecule has 0 aliphatic heterocycles. The molecule has 0 aliphatic rings. The standard InChI is InChI=1S/C13H18O3Si/c1-4-10-15-11-13(14)16-17(2,3)12-8-6-5-7-9-12/h4-10H,11H2,1-3H3/b10-4-. The smallest absolute Gasteiger partial charge is 0.331 e. The Bertz CT molecular complexity index is 385. The lowest BCUT2D eigenvalue weighted by molar-refractivity contribution is -0.138. The summed E-state index contributed by atoms with van der Waals surface area (Å²) in [5.41, 5.74) is 0. The van der Waals surface area contributed by atoms with Crippen molar-refractivity contribution in [3.8, 4) is 0 Å². The van der Waals surface area contributed by atoms with Crippen LogP contribution in [-0.2, 0) is 14.0 Å². The van der Waals surface area contributed by atoms with E-state index in [4.69, 9.17) is 9.16 Å². The highest BCUT2D eigenvalue weighted by Gasteiger charge is 2.29. The van der Waals surface area contributed by atoms with Crippen molar-refractivity contribution in [3.05, 3.63) is 42.7 Å². The van der Waals surface area contributed by atoms with Gasteiger partial charge in [-0.2, -0.15) is 0 Å². The van der Waals surface area contributed by atoms with Crippen molar-refractivity contribution in [3.63, 3.8) is 0 Å². The van der Waals surface area contributed by atoms with E-state index < -0.39 is 8.32 Å². The van der Waals surface area contributed by atoms with Gasteiger partial charge in [0.1, 0.15) is 0 Å². The van der Waals surface area contributed by atoms with Gasteiger partial charge in [0, 0.05) is 0 Å². The molecule has 0 bridgehead atoms. The maximum absolute atomic E-state index is 11.6. The van der Waals surface area contributed by atoms with Crippen LogP contribution < -0.4 is 5.19 Å². The Hall–Kier alpha value is -1.55. The maximum Gasteiger partial charge on any atom is 0.331 e. The van der Waals surface area contributed by atoms with E-state index in [9.17, 15) is 4.79 Å². The second-order valence-electron chi connectivity index (χ2n) is 4.13. The van der Waals surface area contributed by atoms with Gasteiger partial charge in [0.25, 0.3) is 8.32 Å². The third-order valence-corrected chi connectivity index (χ3v) is 4.73. The summed E-state index contributed by atoms with van der Waals surface area (Å²) >= 11 is 0. The van der Waals surface area contributed by atoms with Gasteiger partial charge in [0.05, 0.1) is 6.26 Å². The van der Waals surface area contributed by atoms with Crippen LogP contribution in [0.4, 0.5) is 0 Å². The lowest BCUT2D eigenvalue weighted by atomic mass is 10.4. The zero-order valence-electron chi connectivity index (χ0n) is 10.5. The lowest BCUT2D eigenvalue weighted by Gasteiger charge is -2.22. The molecule has 0 saturated heterocycles. The Labute approximate surface area is 103 Å². The second kappa shape index (κ2) is 6.25. The van der Waals surface area contributed by atoms with E-state index in [-0.39, 0.29) is 12.6 Å². The molecule has 0 amide bonds. The van der Waals surface area contributed by atoms with Crippen LogP contribution in [0.1, 0.15) is 6.92 Å². The molecule has 0 N–H and O–H groups in total. The third-order valence-electron chi connectivity index (χ3n) is 2.27. The van der Waals surface area contributed by atoms with E-state index in [2.05, 4.69) is 0 Å². The first kappa shape index (κ1) is 13.5. The van der Waals surface area contributed by atoms with Crippen LogP contribution >= 0.6 is 0 Å². The van der Waals surface area contributed by atoms with Crippen molar-refractivity contribution in [2.24, 2.45) is 0 Å². The topological polar surface area (TPSA) is 35.5 Å². The number of ether oxygens (including phenoxy) is 1. The average Bonchev–Trinajstić information content (AvgIpc) is 2.30. The summed E-state index contributed by atoms with van der Waals surface area (Å²) < 4.78 is 10.5. The summed E-state index contributed by atoms with van der Waals surface area (Å²) in [4.78, 5) is 11.6. The minimum absolute atomic E-state index is 0.0341. The quantitative estimate of drug-likeness (QED) is 0.593. The maximum atomic E-state index is 11.6. The Morgan fingerprint density at radius 3 is 2.53 bits per heavy atom. The molecule has 0 aromatic heterocycles. The summed E-state index contributed by atoms with van der Waals surface area (Å²) in [5.74, 6) is -0.316. The van der Waals surface area contributed by atoms with Crippen LogP contribution in [0.25, 0.3) is 0 Å². The highest BCUT2D eigenvalue weighted by molar-refractivity contribution is 6.85. The fourth-order valence-electron chi connectivity index (χ4n) is 1.42. The van der Waals surface area contributed by atoms with Gasteiger partial charge in [-0.25, -0.2) is 4.79 Å². The van der Waals surface area contributed by atoms with Crippen LogP contribution in [0, 0.1) is 0 Å². The first-order chi connectivity index (χ1) is 8.06. The molecule has 0 radical (unpaired) electrons. The van der Waals surface area contributed by atoms with E-state index in [0.717, 1.165) is 5.19 Å². The van der Waals surface area contributed by atoms with E-state index in [1.807, 2.05) is 50.3 Å². The Morgan fingerprint density at radius 2 is 1.94 bits per heavy atom. The van der Waals surface area contributed by atoms with Crippen molar-refractivity contribution in [2.45, 2.75) is 20.0 Å². The van der Waals surface area contributed by atoms with Crippen LogP contribution in [-0.4, -0.2) is 20.9 Å². The Balaban J connectivity index is 2.58. The molecule has 3 nitrogen and oxygen atoms in total. The van der Waals surface area contributed by atoms with Gasteiger partial charge in [-0.15, -0.1) is 0 Å². The number of allylic oxidation sites excluding steroid dienone is 1. The number of carbonyl (C=O) groups is 1. The van der Waals surface area contributed by atoms with Gasteiger partial charge in [-0.1, -0.05) is 36.4 Å². The van der Waals surface area contributed by atoms with Gasteiger partial charge in [0.2, 0.25) is 0 Å². The molecule has 0 spiro atoms. The van der Waals surface area contributed by atoms with Crippen molar-refractivity contribution < 1.29 is 14.0 Å². The highest BCUT2D eigenvalue weighted by Crippen LogP contribution is 2.05. The number of carbonyl (C=O) groups excluding carboxylic acids is 1. The molecule has 0 heterocycles. The summed E-state index contributed by atoms with van der Waals surface area (Å²) in [6, 6.07) is 9.84. The van der Waals surface area contributed by atoms with E-state index in [1.54, 1.807) is 6.08 Å². The molecule has 0 saturated carbocycles. The number of benzene rings is 1. The summed E-state index contributed by atoms with van der Waals surface area (Å²) in [7, 11) is -2.16. The van der Waals surface area contributed by atoms with Crippen LogP contribution in [0.5, 0.6) is 0 Å². The summed E-state index contributed by atoms with van der Waals surface area (Å²) in [5, 5.41) is 1.10. The summed E-state index contributed by atoms with van der Waals surface area (Å²) in [6.45, 7) is 5.79. The lowest BCUT2D eigenvalue weighted by Crippen LogP contribution is -2.46. The molecule has 0 unspecified atom stereocenters.